The number of rotatable bonds is 6. The Bertz CT molecular complexity index is 740. The largest absolute Gasteiger partial charge is 0.506 e. The number of hydrogen-bond acceptors (Lipinski definition) is 4. The van der Waals surface area contributed by atoms with Crippen LogP contribution in [0.15, 0.2) is 71.5 Å². The molecule has 1 N–H and O–H groups in total. The van der Waals surface area contributed by atoms with Gasteiger partial charge in [-0.05, 0) is 46.3 Å². The zero-order chi connectivity index (χ0) is 16.8. The van der Waals surface area contributed by atoms with Gasteiger partial charge in [-0.2, -0.15) is 0 Å². The molecule has 0 aliphatic rings. The van der Waals surface area contributed by atoms with Crippen LogP contribution in [-0.2, 0) is 19.6 Å². The standard InChI is InChI=1S/C19H18BrN3O/c20-18-9-5-6-15(19(18)24)12-23(13-16-7-1-3-10-21-16)14-17-8-2-4-11-22-17/h1-11,24H,12-14H2. The minimum atomic E-state index is 0.282. The van der Waals surface area contributed by atoms with Crippen LogP contribution in [0.4, 0.5) is 0 Å². The average Bonchev–Trinajstić information content (AvgIpc) is 2.61. The monoisotopic (exact) mass is 383 g/mol. The molecule has 0 amide bonds. The van der Waals surface area contributed by atoms with Crippen molar-refractivity contribution in [3.63, 3.8) is 0 Å². The lowest BCUT2D eigenvalue weighted by Gasteiger charge is -2.22. The molecule has 3 aromatic rings. The molecular weight excluding hydrogens is 366 g/mol. The normalized spacial score (nSPS) is 10.9. The van der Waals surface area contributed by atoms with Crippen molar-refractivity contribution in [2.75, 3.05) is 0 Å². The minimum absolute atomic E-state index is 0.282. The number of aromatic hydroxyl groups is 1. The number of phenols is 1. The second-order valence-electron chi connectivity index (χ2n) is 5.53. The van der Waals surface area contributed by atoms with Crippen molar-refractivity contribution in [3.8, 4) is 5.75 Å². The summed E-state index contributed by atoms with van der Waals surface area (Å²) in [5.41, 5.74) is 2.85. The third-order valence-corrected chi connectivity index (χ3v) is 4.33. The number of nitrogens with zero attached hydrogens (tertiary/aromatic N) is 3. The molecule has 0 saturated heterocycles. The molecule has 0 atom stereocenters. The zero-order valence-electron chi connectivity index (χ0n) is 13.1. The SMILES string of the molecule is Oc1c(Br)cccc1CN(Cc1ccccn1)Cc1ccccn1. The molecule has 122 valence electrons. The van der Waals surface area contributed by atoms with Gasteiger partial charge in [-0.25, -0.2) is 0 Å². The highest BCUT2D eigenvalue weighted by molar-refractivity contribution is 9.10. The van der Waals surface area contributed by atoms with Crippen LogP contribution in [0.2, 0.25) is 0 Å². The predicted octanol–water partition coefficient (Wildman–Crippen LogP) is 4.15. The van der Waals surface area contributed by atoms with Crippen molar-refractivity contribution in [2.24, 2.45) is 0 Å². The summed E-state index contributed by atoms with van der Waals surface area (Å²) in [4.78, 5) is 11.0. The van der Waals surface area contributed by atoms with Gasteiger partial charge in [0.15, 0.2) is 0 Å². The van der Waals surface area contributed by atoms with Crippen LogP contribution in [0, 0.1) is 0 Å². The Balaban J connectivity index is 1.82. The lowest BCUT2D eigenvalue weighted by atomic mass is 10.1. The summed E-state index contributed by atoms with van der Waals surface area (Å²) in [6.45, 7) is 1.98. The van der Waals surface area contributed by atoms with E-state index in [-0.39, 0.29) is 5.75 Å². The first kappa shape index (κ1) is 16.6. The summed E-state index contributed by atoms with van der Waals surface area (Å²) in [6.07, 6.45) is 3.59. The number of aromatic nitrogens is 2. The van der Waals surface area contributed by atoms with E-state index in [2.05, 4.69) is 30.8 Å². The Hall–Kier alpha value is -2.24. The molecule has 0 radical (unpaired) electrons. The van der Waals surface area contributed by atoms with Gasteiger partial charge >= 0.3 is 0 Å². The molecule has 0 unspecified atom stereocenters. The molecule has 0 fully saturated rings. The first-order valence-corrected chi connectivity index (χ1v) is 8.50. The van der Waals surface area contributed by atoms with Crippen molar-refractivity contribution < 1.29 is 5.11 Å². The van der Waals surface area contributed by atoms with Crippen molar-refractivity contribution in [2.45, 2.75) is 19.6 Å². The van der Waals surface area contributed by atoms with Crippen molar-refractivity contribution >= 4 is 15.9 Å². The highest BCUT2D eigenvalue weighted by Crippen LogP contribution is 2.29. The summed E-state index contributed by atoms with van der Waals surface area (Å²) in [5.74, 6) is 0.282. The molecule has 2 aromatic heterocycles. The molecule has 0 aliphatic carbocycles. The molecule has 0 spiro atoms. The van der Waals surface area contributed by atoms with Gasteiger partial charge in [0.05, 0.1) is 15.9 Å². The first-order valence-electron chi connectivity index (χ1n) is 7.71. The van der Waals surface area contributed by atoms with E-state index in [0.717, 1.165) is 17.0 Å². The molecule has 0 saturated carbocycles. The van der Waals surface area contributed by atoms with Gasteiger partial charge in [-0.3, -0.25) is 14.9 Å². The van der Waals surface area contributed by atoms with Crippen LogP contribution in [0.3, 0.4) is 0 Å². The minimum Gasteiger partial charge on any atom is -0.506 e. The maximum atomic E-state index is 10.3. The van der Waals surface area contributed by atoms with Crippen LogP contribution in [-0.4, -0.2) is 20.0 Å². The molecule has 3 rings (SSSR count). The van der Waals surface area contributed by atoms with E-state index in [1.165, 1.54) is 0 Å². The second kappa shape index (κ2) is 8.04. The van der Waals surface area contributed by atoms with E-state index in [4.69, 9.17) is 0 Å². The predicted molar refractivity (Wildman–Crippen MR) is 97.2 cm³/mol. The molecule has 24 heavy (non-hydrogen) atoms. The van der Waals surface area contributed by atoms with Gasteiger partial charge < -0.3 is 5.11 Å². The van der Waals surface area contributed by atoms with Gasteiger partial charge in [0.2, 0.25) is 0 Å². The molecule has 4 nitrogen and oxygen atoms in total. The van der Waals surface area contributed by atoms with Crippen molar-refractivity contribution in [1.29, 1.82) is 0 Å². The molecular formula is C19H18BrN3O. The van der Waals surface area contributed by atoms with E-state index in [1.807, 2.05) is 54.6 Å². The lowest BCUT2D eigenvalue weighted by Crippen LogP contribution is -2.23. The van der Waals surface area contributed by atoms with E-state index < -0.39 is 0 Å². The highest BCUT2D eigenvalue weighted by atomic mass is 79.9. The fourth-order valence-electron chi connectivity index (χ4n) is 2.54. The lowest BCUT2D eigenvalue weighted by molar-refractivity contribution is 0.238. The van der Waals surface area contributed by atoms with E-state index >= 15 is 0 Å². The smallest absolute Gasteiger partial charge is 0.134 e. The maximum Gasteiger partial charge on any atom is 0.134 e. The van der Waals surface area contributed by atoms with Gasteiger partial charge in [0, 0.05) is 37.6 Å². The molecule has 0 bridgehead atoms. The molecule has 0 aliphatic heterocycles. The van der Waals surface area contributed by atoms with Crippen molar-refractivity contribution in [1.82, 2.24) is 14.9 Å². The topological polar surface area (TPSA) is 49.2 Å². The number of benzene rings is 1. The third-order valence-electron chi connectivity index (χ3n) is 3.69. The number of para-hydroxylation sites is 1. The summed E-state index contributed by atoms with van der Waals surface area (Å²) >= 11 is 3.38. The maximum absolute atomic E-state index is 10.3. The quantitative estimate of drug-likeness (QED) is 0.694. The molecule has 2 heterocycles. The van der Waals surface area contributed by atoms with Gasteiger partial charge in [-0.15, -0.1) is 0 Å². The molecule has 1 aromatic carbocycles. The Labute approximate surface area is 150 Å². The highest BCUT2D eigenvalue weighted by Gasteiger charge is 2.13. The first-order chi connectivity index (χ1) is 11.7. The average molecular weight is 384 g/mol. The molecule has 5 heteroatoms. The summed E-state index contributed by atoms with van der Waals surface area (Å²) in [7, 11) is 0. The third kappa shape index (κ3) is 4.40. The van der Waals surface area contributed by atoms with Crippen LogP contribution < -0.4 is 0 Å². The number of halogens is 1. The zero-order valence-corrected chi connectivity index (χ0v) is 14.7. The van der Waals surface area contributed by atoms with Crippen LogP contribution in [0.25, 0.3) is 0 Å². The second-order valence-corrected chi connectivity index (χ2v) is 6.39. The van der Waals surface area contributed by atoms with E-state index in [9.17, 15) is 5.11 Å². The Kier molecular flexibility index (Phi) is 5.56. The fourth-order valence-corrected chi connectivity index (χ4v) is 2.94. The van der Waals surface area contributed by atoms with Crippen LogP contribution >= 0.6 is 15.9 Å². The Morgan fingerprint density at radius 3 is 1.96 bits per heavy atom. The summed E-state index contributed by atoms with van der Waals surface area (Å²) < 4.78 is 0.704. The van der Waals surface area contributed by atoms with Gasteiger partial charge in [0.1, 0.15) is 5.75 Å². The Morgan fingerprint density at radius 2 is 1.42 bits per heavy atom. The van der Waals surface area contributed by atoms with Crippen LogP contribution in [0.5, 0.6) is 5.75 Å². The van der Waals surface area contributed by atoms with E-state index in [1.54, 1.807) is 12.4 Å². The van der Waals surface area contributed by atoms with E-state index in [0.29, 0.717) is 24.1 Å². The van der Waals surface area contributed by atoms with Gasteiger partial charge in [0.25, 0.3) is 0 Å². The van der Waals surface area contributed by atoms with Gasteiger partial charge in [-0.1, -0.05) is 24.3 Å². The summed E-state index contributed by atoms with van der Waals surface area (Å²) in [6, 6.07) is 17.5. The Morgan fingerprint density at radius 1 is 0.792 bits per heavy atom. The van der Waals surface area contributed by atoms with Crippen LogP contribution in [0.1, 0.15) is 17.0 Å². The fraction of sp³-hybridized carbons (Fsp3) is 0.158. The number of pyridine rings is 2. The number of phenolic OH excluding ortho intramolecular Hbond substituents is 1. The number of hydrogen-bond donors (Lipinski definition) is 1. The van der Waals surface area contributed by atoms with Crippen molar-refractivity contribution in [3.05, 3.63) is 88.4 Å². The summed E-state index contributed by atoms with van der Waals surface area (Å²) in [5, 5.41) is 10.3.